The highest BCUT2D eigenvalue weighted by molar-refractivity contribution is 5.81. The molecule has 1 heterocycles. The number of benzene rings is 1. The van der Waals surface area contributed by atoms with Crippen molar-refractivity contribution in [3.8, 4) is 11.8 Å². The second-order valence-corrected chi connectivity index (χ2v) is 6.92. The molecule has 2 fully saturated rings. The molecule has 0 aromatic heterocycles. The lowest BCUT2D eigenvalue weighted by Gasteiger charge is -2.33. The quantitative estimate of drug-likeness (QED) is 0.703. The topological polar surface area (TPSA) is 73.6 Å². The molecule has 1 aliphatic heterocycles. The van der Waals surface area contributed by atoms with E-state index in [0.717, 1.165) is 18.6 Å². The minimum Gasteiger partial charge on any atom is -0.493 e. The number of ether oxygens (including phenoxy) is 1. The Hall–Kier alpha value is -2.55. The largest absolute Gasteiger partial charge is 0.493 e. The summed E-state index contributed by atoms with van der Waals surface area (Å²) in [7, 11) is 0. The molecule has 0 N–H and O–H groups in total. The number of nitriles is 1. The molecule has 2 amide bonds. The summed E-state index contributed by atoms with van der Waals surface area (Å²) < 4.78 is 5.58. The molecule has 1 aromatic rings. The first-order valence-electron chi connectivity index (χ1n) is 9.32. The maximum absolute atomic E-state index is 12.6. The van der Waals surface area contributed by atoms with Crippen LogP contribution in [0, 0.1) is 17.2 Å². The smallest absolute Gasteiger partial charge is 0.226 e. The number of carbonyl (C=O) groups excluding carboxylic acids is 2. The molecular weight excluding hydrogens is 330 g/mol. The van der Waals surface area contributed by atoms with Gasteiger partial charge in [0.25, 0.3) is 0 Å². The van der Waals surface area contributed by atoms with E-state index in [1.807, 2.05) is 35.2 Å². The van der Waals surface area contributed by atoms with Crippen molar-refractivity contribution in [3.63, 3.8) is 0 Å². The van der Waals surface area contributed by atoms with Crippen LogP contribution in [0.4, 0.5) is 0 Å². The van der Waals surface area contributed by atoms with Crippen LogP contribution in [-0.4, -0.2) is 53.9 Å². The van der Waals surface area contributed by atoms with E-state index in [1.165, 1.54) is 0 Å². The zero-order valence-electron chi connectivity index (χ0n) is 15.0. The Kier molecular flexibility index (Phi) is 6.11. The minimum absolute atomic E-state index is 0.0615. The van der Waals surface area contributed by atoms with Gasteiger partial charge in [-0.15, -0.1) is 0 Å². The Morgan fingerprint density at radius 2 is 1.85 bits per heavy atom. The van der Waals surface area contributed by atoms with Gasteiger partial charge in [-0.2, -0.15) is 5.26 Å². The van der Waals surface area contributed by atoms with E-state index in [0.29, 0.717) is 39.0 Å². The van der Waals surface area contributed by atoms with Crippen molar-refractivity contribution in [2.24, 2.45) is 5.92 Å². The summed E-state index contributed by atoms with van der Waals surface area (Å²) in [6, 6.07) is 11.8. The molecule has 0 spiro atoms. The van der Waals surface area contributed by atoms with Crippen LogP contribution in [0.15, 0.2) is 30.3 Å². The van der Waals surface area contributed by atoms with Crippen molar-refractivity contribution >= 4 is 11.8 Å². The Morgan fingerprint density at radius 1 is 1.15 bits per heavy atom. The Morgan fingerprint density at radius 3 is 2.46 bits per heavy atom. The summed E-state index contributed by atoms with van der Waals surface area (Å²) >= 11 is 0. The van der Waals surface area contributed by atoms with E-state index in [-0.39, 0.29) is 30.3 Å². The van der Waals surface area contributed by atoms with Gasteiger partial charge in [0, 0.05) is 25.0 Å². The SMILES string of the molecule is N#CCN(C(=O)C1CCN(C(=O)CCOc2ccccc2)CC1)C1CC1. The summed E-state index contributed by atoms with van der Waals surface area (Å²) in [4.78, 5) is 28.5. The molecule has 2 aliphatic rings. The summed E-state index contributed by atoms with van der Waals surface area (Å²) in [5, 5.41) is 8.93. The maximum atomic E-state index is 12.6. The highest BCUT2D eigenvalue weighted by atomic mass is 16.5. The van der Waals surface area contributed by atoms with Crippen LogP contribution in [0.5, 0.6) is 5.75 Å². The fraction of sp³-hybridized carbons (Fsp3) is 0.550. The lowest BCUT2D eigenvalue weighted by Crippen LogP contribution is -2.45. The van der Waals surface area contributed by atoms with E-state index in [2.05, 4.69) is 6.07 Å². The molecule has 138 valence electrons. The Balaban J connectivity index is 1.40. The second kappa shape index (κ2) is 8.70. The number of rotatable bonds is 7. The zero-order chi connectivity index (χ0) is 18.4. The highest BCUT2D eigenvalue weighted by Gasteiger charge is 2.37. The standard InChI is InChI=1S/C20H25N3O3/c21-11-14-23(17-6-7-17)20(25)16-8-12-22(13-9-16)19(24)10-15-26-18-4-2-1-3-5-18/h1-5,16-17H,6-10,12-15H2. The van der Waals surface area contributed by atoms with Crippen molar-refractivity contribution in [1.82, 2.24) is 9.80 Å². The van der Waals surface area contributed by atoms with Crippen LogP contribution in [0.3, 0.4) is 0 Å². The van der Waals surface area contributed by atoms with Crippen molar-refractivity contribution in [3.05, 3.63) is 30.3 Å². The van der Waals surface area contributed by atoms with E-state index >= 15 is 0 Å². The summed E-state index contributed by atoms with van der Waals surface area (Å²) in [6.45, 7) is 1.75. The first kappa shape index (κ1) is 18.2. The average Bonchev–Trinajstić information content (AvgIpc) is 3.51. The van der Waals surface area contributed by atoms with E-state index in [9.17, 15) is 9.59 Å². The van der Waals surface area contributed by atoms with Crippen LogP contribution in [0.2, 0.25) is 0 Å². The second-order valence-electron chi connectivity index (χ2n) is 6.92. The third kappa shape index (κ3) is 4.75. The molecule has 0 atom stereocenters. The Bertz CT molecular complexity index is 659. The number of piperidine rings is 1. The van der Waals surface area contributed by atoms with Gasteiger partial charge in [0.15, 0.2) is 0 Å². The van der Waals surface area contributed by atoms with Crippen LogP contribution >= 0.6 is 0 Å². The molecule has 6 heteroatoms. The maximum Gasteiger partial charge on any atom is 0.226 e. The molecule has 3 rings (SSSR count). The van der Waals surface area contributed by atoms with Gasteiger partial charge in [0.2, 0.25) is 11.8 Å². The first-order valence-corrected chi connectivity index (χ1v) is 9.32. The van der Waals surface area contributed by atoms with E-state index in [4.69, 9.17) is 10.00 Å². The lowest BCUT2D eigenvalue weighted by molar-refractivity contribution is -0.141. The van der Waals surface area contributed by atoms with Gasteiger partial charge in [-0.1, -0.05) is 18.2 Å². The van der Waals surface area contributed by atoms with Crippen LogP contribution in [-0.2, 0) is 9.59 Å². The number of amides is 2. The van der Waals surface area contributed by atoms with Gasteiger partial charge in [-0.05, 0) is 37.8 Å². The van der Waals surface area contributed by atoms with Gasteiger partial charge in [0.05, 0.1) is 19.1 Å². The number of carbonyl (C=O) groups is 2. The van der Waals surface area contributed by atoms with Crippen molar-refractivity contribution in [1.29, 1.82) is 5.26 Å². The van der Waals surface area contributed by atoms with E-state index in [1.54, 1.807) is 4.90 Å². The first-order chi connectivity index (χ1) is 12.7. The van der Waals surface area contributed by atoms with Crippen molar-refractivity contribution in [2.45, 2.75) is 38.1 Å². The predicted octanol–water partition coefficient (Wildman–Crippen LogP) is 2.21. The van der Waals surface area contributed by atoms with Crippen LogP contribution in [0.25, 0.3) is 0 Å². The molecule has 1 aromatic carbocycles. The van der Waals surface area contributed by atoms with Crippen LogP contribution < -0.4 is 4.74 Å². The lowest BCUT2D eigenvalue weighted by atomic mass is 9.95. The third-order valence-electron chi connectivity index (χ3n) is 5.04. The van der Waals surface area contributed by atoms with Crippen LogP contribution in [0.1, 0.15) is 32.1 Å². The van der Waals surface area contributed by atoms with Gasteiger partial charge in [-0.25, -0.2) is 0 Å². The van der Waals surface area contributed by atoms with Crippen molar-refractivity contribution in [2.75, 3.05) is 26.2 Å². The number of likely N-dealkylation sites (tertiary alicyclic amines) is 1. The van der Waals surface area contributed by atoms with Crippen molar-refractivity contribution < 1.29 is 14.3 Å². The third-order valence-corrected chi connectivity index (χ3v) is 5.04. The fourth-order valence-corrected chi connectivity index (χ4v) is 3.39. The van der Waals surface area contributed by atoms with Gasteiger partial charge < -0.3 is 14.5 Å². The summed E-state index contributed by atoms with van der Waals surface area (Å²) in [5.74, 6) is 0.868. The molecule has 1 saturated heterocycles. The molecule has 1 aliphatic carbocycles. The van der Waals surface area contributed by atoms with Gasteiger partial charge in [-0.3, -0.25) is 9.59 Å². The number of hydrogen-bond donors (Lipinski definition) is 0. The summed E-state index contributed by atoms with van der Waals surface area (Å²) in [6.07, 6.45) is 3.71. The molecule has 0 radical (unpaired) electrons. The summed E-state index contributed by atoms with van der Waals surface area (Å²) in [5.41, 5.74) is 0. The normalized spacial score (nSPS) is 17.4. The molecule has 1 saturated carbocycles. The number of para-hydroxylation sites is 1. The Labute approximate surface area is 154 Å². The van der Waals surface area contributed by atoms with Gasteiger partial charge >= 0.3 is 0 Å². The monoisotopic (exact) mass is 355 g/mol. The molecule has 0 unspecified atom stereocenters. The minimum atomic E-state index is -0.0615. The predicted molar refractivity (Wildman–Crippen MR) is 96.2 cm³/mol. The fourth-order valence-electron chi connectivity index (χ4n) is 3.39. The molecular formula is C20H25N3O3. The zero-order valence-corrected chi connectivity index (χ0v) is 15.0. The molecule has 26 heavy (non-hydrogen) atoms. The highest BCUT2D eigenvalue weighted by Crippen LogP contribution is 2.30. The number of hydrogen-bond acceptors (Lipinski definition) is 4. The molecule has 0 bridgehead atoms. The average molecular weight is 355 g/mol. The van der Waals surface area contributed by atoms with Gasteiger partial charge in [0.1, 0.15) is 12.3 Å². The molecule has 6 nitrogen and oxygen atoms in total. The van der Waals surface area contributed by atoms with E-state index < -0.39 is 0 Å². The number of nitrogens with zero attached hydrogens (tertiary/aromatic N) is 3.